The van der Waals surface area contributed by atoms with Crippen molar-refractivity contribution in [3.8, 4) is 11.3 Å². The number of allylic oxidation sites excluding steroid dienone is 1. The van der Waals surface area contributed by atoms with Crippen molar-refractivity contribution < 1.29 is 37.4 Å². The Labute approximate surface area is 305 Å². The molecule has 1 aliphatic carbocycles. The molecule has 5 N–H and O–H groups in total. The van der Waals surface area contributed by atoms with Crippen LogP contribution in [-0.2, 0) is 15.7 Å². The molecule has 0 spiro atoms. The van der Waals surface area contributed by atoms with Gasteiger partial charge < -0.3 is 26.2 Å². The van der Waals surface area contributed by atoms with Gasteiger partial charge in [0.25, 0.3) is 5.91 Å². The highest BCUT2D eigenvalue weighted by Gasteiger charge is 2.32. The fraction of sp³-hybridized carbons (Fsp3) is 0.421. The standard InChI is InChI=1S/C38H44F3N7O5/c1-37(2,3)53-36(52)45-27-11-9-12-28(21-27)48-33-25(10-7-5-4-6-8-13-30(49)50)22-44-34(42)31(33)32(47-48)23-14-16-24(17-15-23)35(51)46-29-20-26(18-19-43-29)38(39,40)41/h7,10,14-20,22,27-28H,4-6,8-9,11-13,21H2,1-3H3,(H2,42,44)(H,45,52)(H,49,50)(H,43,46,51)/b10-7+/t27-,28-/m1/s1. The summed E-state index contributed by atoms with van der Waals surface area (Å²) < 4.78 is 47.0. The second-order valence-corrected chi connectivity index (χ2v) is 14.1. The van der Waals surface area contributed by atoms with Gasteiger partial charge in [0.2, 0.25) is 0 Å². The van der Waals surface area contributed by atoms with Gasteiger partial charge in [0.05, 0.1) is 22.5 Å². The average molecular weight is 736 g/mol. The Balaban J connectivity index is 1.45. The van der Waals surface area contributed by atoms with E-state index < -0.39 is 35.3 Å². The molecule has 4 aromatic rings. The number of hydrogen-bond donors (Lipinski definition) is 4. The smallest absolute Gasteiger partial charge is 0.416 e. The molecule has 282 valence electrons. The van der Waals surface area contributed by atoms with Gasteiger partial charge in [0.1, 0.15) is 22.9 Å². The first-order valence-corrected chi connectivity index (χ1v) is 17.6. The number of nitrogen functional groups attached to an aromatic ring is 1. The molecule has 2 amide bonds. The number of nitrogens with zero attached hydrogens (tertiary/aromatic N) is 4. The number of alkyl halides is 3. The average Bonchev–Trinajstić information content (AvgIpc) is 3.50. The van der Waals surface area contributed by atoms with Crippen molar-refractivity contribution in [3.05, 3.63) is 71.6 Å². The van der Waals surface area contributed by atoms with Gasteiger partial charge >= 0.3 is 18.2 Å². The number of carbonyl (C=O) groups excluding carboxylic acids is 2. The number of amides is 2. The number of fused-ring (bicyclic) bond motifs is 1. The third-order valence-electron chi connectivity index (χ3n) is 8.80. The van der Waals surface area contributed by atoms with Crippen LogP contribution in [0.25, 0.3) is 28.2 Å². The number of ether oxygens (including phenoxy) is 1. The second-order valence-electron chi connectivity index (χ2n) is 14.1. The van der Waals surface area contributed by atoms with E-state index in [0.29, 0.717) is 29.5 Å². The largest absolute Gasteiger partial charge is 0.481 e. The van der Waals surface area contributed by atoms with Crippen LogP contribution < -0.4 is 16.4 Å². The van der Waals surface area contributed by atoms with Crippen molar-refractivity contribution in [2.24, 2.45) is 0 Å². The first-order valence-electron chi connectivity index (χ1n) is 17.6. The van der Waals surface area contributed by atoms with Crippen LogP contribution in [0.2, 0.25) is 0 Å². The van der Waals surface area contributed by atoms with Crippen molar-refractivity contribution in [2.75, 3.05) is 11.1 Å². The number of rotatable bonds is 12. The summed E-state index contributed by atoms with van der Waals surface area (Å²) >= 11 is 0. The summed E-state index contributed by atoms with van der Waals surface area (Å²) in [6, 6.07) is 7.79. The van der Waals surface area contributed by atoms with Crippen LogP contribution in [-0.4, -0.2) is 54.5 Å². The molecule has 1 fully saturated rings. The molecule has 5 rings (SSSR count). The van der Waals surface area contributed by atoms with Crippen LogP contribution in [0.1, 0.15) is 106 Å². The van der Waals surface area contributed by atoms with Gasteiger partial charge in [-0.15, -0.1) is 0 Å². The molecule has 15 heteroatoms. The number of aromatic nitrogens is 4. The van der Waals surface area contributed by atoms with Crippen LogP contribution in [0.15, 0.2) is 54.9 Å². The summed E-state index contributed by atoms with van der Waals surface area (Å²) in [4.78, 5) is 44.8. The minimum atomic E-state index is -4.58. The topological polar surface area (TPSA) is 174 Å². The van der Waals surface area contributed by atoms with Crippen LogP contribution in [0, 0.1) is 0 Å². The molecule has 1 saturated carbocycles. The number of halogens is 3. The van der Waals surface area contributed by atoms with Gasteiger partial charge in [0, 0.05) is 41.5 Å². The van der Waals surface area contributed by atoms with E-state index in [-0.39, 0.29) is 35.7 Å². The zero-order valence-corrected chi connectivity index (χ0v) is 29.9. The Morgan fingerprint density at radius 1 is 1.06 bits per heavy atom. The maximum Gasteiger partial charge on any atom is 0.416 e. The molecule has 1 aromatic carbocycles. The zero-order chi connectivity index (χ0) is 38.3. The molecule has 3 aromatic heterocycles. The highest BCUT2D eigenvalue weighted by Crippen LogP contribution is 2.39. The normalized spacial score (nSPS) is 16.5. The number of benzene rings is 1. The Morgan fingerprint density at radius 2 is 1.81 bits per heavy atom. The highest BCUT2D eigenvalue weighted by molar-refractivity contribution is 6.06. The van der Waals surface area contributed by atoms with E-state index >= 15 is 0 Å². The van der Waals surface area contributed by atoms with Gasteiger partial charge in [0.15, 0.2) is 0 Å². The lowest BCUT2D eigenvalue weighted by Gasteiger charge is -2.31. The molecule has 0 unspecified atom stereocenters. The molecule has 3 heterocycles. The predicted octanol–water partition coefficient (Wildman–Crippen LogP) is 8.40. The van der Waals surface area contributed by atoms with Crippen LogP contribution in [0.3, 0.4) is 0 Å². The lowest BCUT2D eigenvalue weighted by molar-refractivity contribution is -0.138. The van der Waals surface area contributed by atoms with Crippen LogP contribution in [0.4, 0.5) is 29.6 Å². The molecular formula is C38H44F3N7O5. The monoisotopic (exact) mass is 735 g/mol. The molecule has 0 radical (unpaired) electrons. The summed E-state index contributed by atoms with van der Waals surface area (Å²) in [7, 11) is 0. The fourth-order valence-electron chi connectivity index (χ4n) is 6.37. The number of alkyl carbamates (subject to hydrolysis) is 1. The predicted molar refractivity (Wildman–Crippen MR) is 195 cm³/mol. The SMILES string of the molecule is CC(C)(C)OC(=O)N[C@@H]1CCC[C@@H](n2nc(-c3ccc(C(=O)Nc4cc(C(F)(F)F)ccn4)cc3)c3c(N)ncc(/C=C/CCCCCC(=O)O)c32)C1. The Bertz CT molecular complexity index is 1970. The number of carboxylic acids is 1. The number of aliphatic carboxylic acids is 1. The number of unbranched alkanes of at least 4 members (excludes halogenated alkanes) is 3. The fourth-order valence-corrected chi connectivity index (χ4v) is 6.37. The third-order valence-corrected chi connectivity index (χ3v) is 8.80. The maximum atomic E-state index is 13.2. The van der Waals surface area contributed by atoms with Crippen molar-refractivity contribution in [1.29, 1.82) is 0 Å². The zero-order valence-electron chi connectivity index (χ0n) is 29.9. The number of nitrogens with one attached hydrogen (secondary N) is 2. The lowest BCUT2D eigenvalue weighted by Crippen LogP contribution is -2.41. The lowest BCUT2D eigenvalue weighted by atomic mass is 9.91. The number of hydrogen-bond acceptors (Lipinski definition) is 8. The highest BCUT2D eigenvalue weighted by atomic mass is 19.4. The molecule has 2 atom stereocenters. The van der Waals surface area contributed by atoms with Gasteiger partial charge in [-0.05, 0) is 90.0 Å². The number of carboxylic acid groups (broad SMARTS) is 1. The molecule has 0 aliphatic heterocycles. The van der Waals surface area contributed by atoms with E-state index in [1.165, 1.54) is 0 Å². The van der Waals surface area contributed by atoms with Crippen molar-refractivity contribution >= 4 is 46.6 Å². The molecule has 0 bridgehead atoms. The van der Waals surface area contributed by atoms with E-state index in [0.717, 1.165) is 67.9 Å². The minimum Gasteiger partial charge on any atom is -0.481 e. The Morgan fingerprint density at radius 3 is 2.51 bits per heavy atom. The number of pyridine rings is 2. The van der Waals surface area contributed by atoms with Crippen LogP contribution in [0.5, 0.6) is 0 Å². The number of anilines is 2. The van der Waals surface area contributed by atoms with E-state index in [9.17, 15) is 27.6 Å². The molecule has 0 saturated heterocycles. The summed E-state index contributed by atoms with van der Waals surface area (Å²) in [6.07, 6.45) is 7.66. The summed E-state index contributed by atoms with van der Waals surface area (Å²) in [5.41, 5.74) is 7.87. The van der Waals surface area contributed by atoms with Crippen molar-refractivity contribution in [1.82, 2.24) is 25.1 Å². The maximum absolute atomic E-state index is 13.2. The van der Waals surface area contributed by atoms with E-state index in [4.69, 9.17) is 20.7 Å². The minimum absolute atomic E-state index is 0.116. The Hall–Kier alpha value is -5.47. The van der Waals surface area contributed by atoms with Crippen LogP contribution >= 0.6 is 0 Å². The van der Waals surface area contributed by atoms with Gasteiger partial charge in [-0.25, -0.2) is 14.8 Å². The number of carbonyl (C=O) groups is 3. The van der Waals surface area contributed by atoms with Gasteiger partial charge in [-0.2, -0.15) is 18.3 Å². The molecular weight excluding hydrogens is 691 g/mol. The molecule has 1 aliphatic rings. The second kappa shape index (κ2) is 16.5. The van der Waals surface area contributed by atoms with E-state index in [2.05, 4.69) is 20.6 Å². The summed E-state index contributed by atoms with van der Waals surface area (Å²) in [6.45, 7) is 5.43. The van der Waals surface area contributed by atoms with Crippen molar-refractivity contribution in [2.45, 2.75) is 102 Å². The van der Waals surface area contributed by atoms with E-state index in [1.54, 1.807) is 30.5 Å². The Kier molecular flexibility index (Phi) is 12.0. The quantitative estimate of drug-likeness (QED) is 0.104. The van der Waals surface area contributed by atoms with Crippen molar-refractivity contribution in [3.63, 3.8) is 0 Å². The summed E-state index contributed by atoms with van der Waals surface area (Å²) in [5.74, 6) is -1.42. The van der Waals surface area contributed by atoms with Gasteiger partial charge in [-0.1, -0.05) is 30.7 Å². The summed E-state index contributed by atoms with van der Waals surface area (Å²) in [5, 5.41) is 20.0. The number of nitrogens with two attached hydrogens (primary N) is 1. The molecule has 12 nitrogen and oxygen atoms in total. The third kappa shape index (κ3) is 10.3. The first-order chi connectivity index (χ1) is 25.1. The van der Waals surface area contributed by atoms with Gasteiger partial charge in [-0.3, -0.25) is 14.3 Å². The molecule has 53 heavy (non-hydrogen) atoms. The first kappa shape index (κ1) is 38.8. The van der Waals surface area contributed by atoms with E-state index in [1.807, 2.05) is 37.6 Å².